The number of aromatic nitrogens is 3. The molecule has 0 saturated heterocycles. The zero-order valence-corrected chi connectivity index (χ0v) is 8.05. The smallest absolute Gasteiger partial charge is 0.106 e. The highest BCUT2D eigenvalue weighted by Crippen LogP contribution is 2.27. The Kier molecular flexibility index (Phi) is 2.82. The summed E-state index contributed by atoms with van der Waals surface area (Å²) in [5, 5.41) is 7.08. The molecule has 0 bridgehead atoms. The Morgan fingerprint density at radius 3 is 2.00 bits per heavy atom. The molecule has 0 amide bonds. The van der Waals surface area contributed by atoms with Gasteiger partial charge in [-0.3, -0.25) is 0 Å². The Hall–Kier alpha value is -0.690. The standard InChI is InChI=1S/C3H5N3O6P2/c7-13(8,9)2-1-4-6-5-3(2)14(10,11)12/h1H,(H2,7,8,9)(H2,10,11,12)/p-4. The number of rotatable bonds is 2. The quantitative estimate of drug-likeness (QED) is 0.457. The van der Waals surface area contributed by atoms with Gasteiger partial charge in [0, 0.05) is 5.30 Å². The zero-order chi connectivity index (χ0) is 11.0. The Bertz CT molecular complexity index is 395. The van der Waals surface area contributed by atoms with Crippen LogP contribution in [-0.4, -0.2) is 15.4 Å². The number of hydrogen-bond acceptors (Lipinski definition) is 9. The highest BCUT2D eigenvalue weighted by molar-refractivity contribution is 7.64. The minimum absolute atomic E-state index is 0.367. The molecule has 0 aliphatic rings. The summed E-state index contributed by atoms with van der Waals surface area (Å²) in [6.45, 7) is 0. The van der Waals surface area contributed by atoms with Crippen molar-refractivity contribution in [3.63, 3.8) is 0 Å². The molecule has 0 radical (unpaired) electrons. The first-order chi connectivity index (χ1) is 6.23. The van der Waals surface area contributed by atoms with Crippen LogP contribution >= 0.6 is 15.2 Å². The maximum Gasteiger partial charge on any atom is 0.106 e. The minimum Gasteiger partial charge on any atom is -0.807 e. The van der Waals surface area contributed by atoms with Crippen molar-refractivity contribution in [2.75, 3.05) is 0 Å². The van der Waals surface area contributed by atoms with E-state index in [2.05, 4.69) is 15.4 Å². The van der Waals surface area contributed by atoms with Gasteiger partial charge in [0.25, 0.3) is 0 Å². The number of nitrogens with zero attached hydrogens (tertiary/aromatic N) is 3. The lowest BCUT2D eigenvalue weighted by Gasteiger charge is -2.36. The van der Waals surface area contributed by atoms with Gasteiger partial charge in [-0.05, 0) is 20.4 Å². The van der Waals surface area contributed by atoms with Crippen LogP contribution in [0.4, 0.5) is 0 Å². The fourth-order valence-corrected chi connectivity index (χ4v) is 2.35. The fraction of sp³-hybridized carbons (Fsp3) is 0. The van der Waals surface area contributed by atoms with Crippen LogP contribution in [0.2, 0.25) is 0 Å². The molecule has 14 heavy (non-hydrogen) atoms. The lowest BCUT2D eigenvalue weighted by atomic mass is 10.7. The van der Waals surface area contributed by atoms with E-state index in [0.717, 1.165) is 0 Å². The van der Waals surface area contributed by atoms with E-state index in [1.165, 1.54) is 0 Å². The summed E-state index contributed by atoms with van der Waals surface area (Å²) >= 11 is 0. The van der Waals surface area contributed by atoms with Crippen LogP contribution in [0.25, 0.3) is 0 Å². The first-order valence-electron chi connectivity index (χ1n) is 2.96. The average molecular weight is 237 g/mol. The zero-order valence-electron chi connectivity index (χ0n) is 6.26. The van der Waals surface area contributed by atoms with E-state index >= 15 is 0 Å². The Morgan fingerprint density at radius 1 is 1.07 bits per heavy atom. The minimum atomic E-state index is -5.44. The third-order valence-corrected chi connectivity index (χ3v) is 3.10. The van der Waals surface area contributed by atoms with Crippen LogP contribution in [-0.2, 0) is 9.13 Å². The van der Waals surface area contributed by atoms with Gasteiger partial charge in [0.1, 0.15) is 5.44 Å². The van der Waals surface area contributed by atoms with Gasteiger partial charge in [-0.2, -0.15) is 0 Å². The van der Waals surface area contributed by atoms with Crippen LogP contribution in [0.5, 0.6) is 0 Å². The van der Waals surface area contributed by atoms with Crippen LogP contribution in [0, 0.1) is 0 Å². The van der Waals surface area contributed by atoms with Gasteiger partial charge in [-0.25, -0.2) is 0 Å². The van der Waals surface area contributed by atoms with Crippen molar-refractivity contribution >= 4 is 25.9 Å². The molecule has 1 rings (SSSR count). The molecule has 0 unspecified atom stereocenters. The summed E-state index contributed by atoms with van der Waals surface area (Å²) in [5.74, 6) is 0. The van der Waals surface area contributed by atoms with Crippen molar-refractivity contribution in [3.8, 4) is 0 Å². The maximum atomic E-state index is 10.5. The third-order valence-electron chi connectivity index (χ3n) is 1.15. The summed E-state index contributed by atoms with van der Waals surface area (Å²) in [4.78, 5) is 41.8. The molecule has 78 valence electrons. The first-order valence-corrected chi connectivity index (χ1v) is 6.05. The monoisotopic (exact) mass is 237 g/mol. The predicted molar refractivity (Wildman–Crippen MR) is 34.3 cm³/mol. The van der Waals surface area contributed by atoms with E-state index in [4.69, 9.17) is 0 Å². The van der Waals surface area contributed by atoms with Gasteiger partial charge in [-0.1, -0.05) is 0 Å². The molecule has 0 aliphatic carbocycles. The van der Waals surface area contributed by atoms with Crippen molar-refractivity contribution in [1.29, 1.82) is 0 Å². The highest BCUT2D eigenvalue weighted by atomic mass is 31.2. The van der Waals surface area contributed by atoms with Crippen LogP contribution in [0.1, 0.15) is 0 Å². The molecule has 1 aromatic heterocycles. The second-order valence-corrected chi connectivity index (χ2v) is 5.03. The normalized spacial score (nSPS) is 12.9. The van der Waals surface area contributed by atoms with Crippen LogP contribution in [0.15, 0.2) is 6.20 Å². The SMILES string of the molecule is O=P([O-])([O-])c1cnnnc1P(=O)([O-])[O-]. The first kappa shape index (κ1) is 11.4. The van der Waals surface area contributed by atoms with Crippen molar-refractivity contribution in [1.82, 2.24) is 15.4 Å². The summed E-state index contributed by atoms with van der Waals surface area (Å²) in [5.41, 5.74) is -1.40. The molecular weight excluding hydrogens is 236 g/mol. The Labute approximate surface area is 77.1 Å². The van der Waals surface area contributed by atoms with E-state index in [0.29, 0.717) is 6.20 Å². The topological polar surface area (TPSA) is 165 Å². The van der Waals surface area contributed by atoms with E-state index in [9.17, 15) is 28.7 Å². The molecule has 0 saturated carbocycles. The molecule has 9 nitrogen and oxygen atoms in total. The molecule has 0 aliphatic heterocycles. The predicted octanol–water partition coefficient (Wildman–Crippen LogP) is -5.05. The molecule has 0 atom stereocenters. The van der Waals surface area contributed by atoms with E-state index < -0.39 is 25.9 Å². The highest BCUT2D eigenvalue weighted by Gasteiger charge is 2.11. The molecule has 0 spiro atoms. The van der Waals surface area contributed by atoms with Gasteiger partial charge in [0.2, 0.25) is 0 Å². The number of hydrogen-bond donors (Lipinski definition) is 0. The van der Waals surface area contributed by atoms with Gasteiger partial charge in [-0.15, -0.1) is 10.2 Å². The molecular formula is C3HN3O6P2-4. The molecule has 1 aromatic rings. The van der Waals surface area contributed by atoms with E-state index in [1.807, 2.05) is 0 Å². The van der Waals surface area contributed by atoms with E-state index in [1.54, 1.807) is 0 Å². The van der Waals surface area contributed by atoms with Crippen molar-refractivity contribution in [2.45, 2.75) is 0 Å². The van der Waals surface area contributed by atoms with Crippen molar-refractivity contribution < 1.29 is 28.7 Å². The fourth-order valence-electron chi connectivity index (χ4n) is 0.646. The average Bonchev–Trinajstić information content (AvgIpc) is 2.01. The summed E-state index contributed by atoms with van der Waals surface area (Å²) in [6, 6.07) is 0. The Morgan fingerprint density at radius 2 is 1.64 bits per heavy atom. The lowest BCUT2D eigenvalue weighted by molar-refractivity contribution is -0.312. The van der Waals surface area contributed by atoms with Crippen LogP contribution in [0.3, 0.4) is 0 Å². The molecule has 0 N–H and O–H groups in total. The molecule has 1 heterocycles. The summed E-state index contributed by atoms with van der Waals surface area (Å²) < 4.78 is 20.9. The maximum absolute atomic E-state index is 10.5. The largest absolute Gasteiger partial charge is 0.807 e. The van der Waals surface area contributed by atoms with Gasteiger partial charge >= 0.3 is 0 Å². The van der Waals surface area contributed by atoms with Gasteiger partial charge in [0.15, 0.2) is 0 Å². The third kappa shape index (κ3) is 2.42. The van der Waals surface area contributed by atoms with Crippen molar-refractivity contribution in [2.24, 2.45) is 0 Å². The van der Waals surface area contributed by atoms with Gasteiger partial charge in [0.05, 0.1) is 6.20 Å². The summed E-state index contributed by atoms with van der Waals surface area (Å²) in [7, 11) is -10.8. The van der Waals surface area contributed by atoms with Gasteiger partial charge < -0.3 is 28.7 Å². The molecule has 0 fully saturated rings. The Balaban J connectivity index is 3.47. The molecule has 0 aromatic carbocycles. The lowest BCUT2D eigenvalue weighted by Crippen LogP contribution is -2.42. The van der Waals surface area contributed by atoms with Crippen LogP contribution < -0.4 is 30.3 Å². The second kappa shape index (κ2) is 3.47. The van der Waals surface area contributed by atoms with E-state index in [-0.39, 0.29) is 0 Å². The molecule has 11 heteroatoms. The van der Waals surface area contributed by atoms with Crippen molar-refractivity contribution in [3.05, 3.63) is 6.20 Å². The second-order valence-electron chi connectivity index (χ2n) is 2.14. The summed E-state index contributed by atoms with van der Waals surface area (Å²) in [6.07, 6.45) is 0.367.